The molecule has 2 aliphatic heterocycles. The molecule has 0 unspecified atom stereocenters. The summed E-state index contributed by atoms with van der Waals surface area (Å²) < 4.78 is 0. The monoisotopic (exact) mass is 374 g/mol. The van der Waals surface area contributed by atoms with E-state index in [9.17, 15) is 5.11 Å². The number of hydrogen-bond acceptors (Lipinski definition) is 5. The average Bonchev–Trinajstić information content (AvgIpc) is 3.42. The fraction of sp³-hybridized carbons (Fsp3) is 0.273. The van der Waals surface area contributed by atoms with E-state index >= 15 is 0 Å². The van der Waals surface area contributed by atoms with Crippen molar-refractivity contribution in [3.63, 3.8) is 0 Å². The summed E-state index contributed by atoms with van der Waals surface area (Å²) in [5, 5.41) is 15.9. The number of H-pyrrole nitrogens is 1. The number of oxime groups is 1. The number of aromatic hydroxyl groups is 1. The van der Waals surface area contributed by atoms with Crippen LogP contribution in [0.3, 0.4) is 0 Å². The van der Waals surface area contributed by atoms with Gasteiger partial charge in [0.05, 0.1) is 11.3 Å². The maximum absolute atomic E-state index is 10.6. The minimum atomic E-state index is 0.0949. The van der Waals surface area contributed by atoms with Crippen molar-refractivity contribution in [1.29, 1.82) is 0 Å². The Morgan fingerprint density at radius 2 is 1.86 bits per heavy atom. The molecular weight excluding hydrogens is 352 g/mol. The second-order valence-corrected chi connectivity index (χ2v) is 7.19. The van der Waals surface area contributed by atoms with E-state index in [4.69, 9.17) is 9.83 Å². The third-order valence-corrected chi connectivity index (χ3v) is 5.39. The number of aliphatic imine (C=N–C) groups is 1. The number of fused-ring (bicyclic) bond motifs is 2. The second-order valence-electron chi connectivity index (χ2n) is 7.19. The summed E-state index contributed by atoms with van der Waals surface area (Å²) in [4.78, 5) is 15.9. The summed E-state index contributed by atoms with van der Waals surface area (Å²) in [5.74, 6) is 0.0949. The van der Waals surface area contributed by atoms with E-state index in [0.29, 0.717) is 23.6 Å². The smallest absolute Gasteiger partial charge is 0.199 e. The molecule has 6 heteroatoms. The van der Waals surface area contributed by atoms with Crippen LogP contribution >= 0.6 is 0 Å². The first-order chi connectivity index (χ1) is 13.8. The van der Waals surface area contributed by atoms with Crippen LogP contribution in [0.5, 0.6) is 5.88 Å². The number of hydrogen-bond donors (Lipinski definition) is 2. The van der Waals surface area contributed by atoms with Gasteiger partial charge in [0.25, 0.3) is 0 Å². The van der Waals surface area contributed by atoms with Gasteiger partial charge in [0, 0.05) is 23.0 Å². The molecule has 0 spiro atoms. The first-order valence-electron chi connectivity index (χ1n) is 9.72. The predicted octanol–water partition coefficient (Wildman–Crippen LogP) is 3.82. The molecule has 0 amide bonds. The van der Waals surface area contributed by atoms with Gasteiger partial charge in [-0.25, -0.2) is 4.99 Å². The molecule has 0 aliphatic carbocycles. The maximum atomic E-state index is 10.6. The van der Waals surface area contributed by atoms with Gasteiger partial charge in [-0.2, -0.15) is 0 Å². The molecule has 6 nitrogen and oxygen atoms in total. The van der Waals surface area contributed by atoms with Crippen molar-refractivity contribution in [2.24, 2.45) is 10.1 Å². The summed E-state index contributed by atoms with van der Waals surface area (Å²) >= 11 is 0. The highest BCUT2D eigenvalue weighted by molar-refractivity contribution is 6.58. The molecule has 0 saturated carbocycles. The number of nitrogens with zero attached hydrogens (tertiary/aromatic N) is 3. The zero-order valence-corrected chi connectivity index (χ0v) is 15.6. The number of benzene rings is 2. The lowest BCUT2D eigenvalue weighted by atomic mass is 10.0. The van der Waals surface area contributed by atoms with Crippen molar-refractivity contribution in [1.82, 2.24) is 9.88 Å². The highest BCUT2D eigenvalue weighted by Gasteiger charge is 2.29. The standard InChI is InChI=1S/C22H22N4O2/c27-22-19(15-7-1-3-9-17(15)24-22)21-20(16-8-2-4-10-18(16)23-21)25-28-14-13-26-11-5-6-12-26/h1-4,7-10,24,27H,5-6,11-14H2/b25-20+. The Balaban J connectivity index is 1.48. The Bertz CT molecular complexity index is 1080. The summed E-state index contributed by atoms with van der Waals surface area (Å²) in [6, 6.07) is 15.6. The van der Waals surface area contributed by atoms with Gasteiger partial charge in [-0.3, -0.25) is 4.90 Å². The van der Waals surface area contributed by atoms with E-state index in [1.165, 1.54) is 12.8 Å². The number of aromatic nitrogens is 1. The van der Waals surface area contributed by atoms with Gasteiger partial charge in [-0.05, 0) is 38.1 Å². The molecule has 28 heavy (non-hydrogen) atoms. The molecule has 1 saturated heterocycles. The highest BCUT2D eigenvalue weighted by Crippen LogP contribution is 2.35. The minimum Gasteiger partial charge on any atom is -0.494 e. The maximum Gasteiger partial charge on any atom is 0.199 e. The predicted molar refractivity (Wildman–Crippen MR) is 111 cm³/mol. The number of likely N-dealkylation sites (tertiary alicyclic amines) is 1. The number of aromatic amines is 1. The van der Waals surface area contributed by atoms with Crippen LogP contribution < -0.4 is 0 Å². The number of para-hydroxylation sites is 2. The van der Waals surface area contributed by atoms with Crippen molar-refractivity contribution in [2.45, 2.75) is 12.8 Å². The fourth-order valence-corrected chi connectivity index (χ4v) is 3.99. The molecule has 3 heterocycles. The first kappa shape index (κ1) is 17.0. The van der Waals surface area contributed by atoms with Crippen molar-refractivity contribution in [3.8, 4) is 5.88 Å². The SMILES string of the molecule is Oc1[nH]c2ccccc2c1C1=Nc2ccccc2/C1=N\OCCN1CCCC1. The van der Waals surface area contributed by atoms with E-state index in [1.54, 1.807) is 0 Å². The Labute approximate surface area is 163 Å². The molecule has 2 aliphatic rings. The van der Waals surface area contributed by atoms with Crippen LogP contribution in [0.15, 0.2) is 58.7 Å². The van der Waals surface area contributed by atoms with Crippen LogP contribution in [-0.2, 0) is 4.84 Å². The Morgan fingerprint density at radius 3 is 2.75 bits per heavy atom. The van der Waals surface area contributed by atoms with Gasteiger partial charge in [-0.1, -0.05) is 41.6 Å². The van der Waals surface area contributed by atoms with E-state index < -0.39 is 0 Å². The molecule has 1 aromatic heterocycles. The van der Waals surface area contributed by atoms with Crippen LogP contribution in [0, 0.1) is 0 Å². The summed E-state index contributed by atoms with van der Waals surface area (Å²) in [7, 11) is 0. The second kappa shape index (κ2) is 7.13. The van der Waals surface area contributed by atoms with E-state index in [1.807, 2.05) is 48.5 Å². The molecule has 5 rings (SSSR count). The van der Waals surface area contributed by atoms with Gasteiger partial charge < -0.3 is 14.9 Å². The lowest BCUT2D eigenvalue weighted by Crippen LogP contribution is -2.23. The molecule has 2 N–H and O–H groups in total. The van der Waals surface area contributed by atoms with Crippen LogP contribution in [0.1, 0.15) is 24.0 Å². The molecule has 2 aromatic carbocycles. The quantitative estimate of drug-likeness (QED) is 0.527. The van der Waals surface area contributed by atoms with E-state index in [-0.39, 0.29) is 5.88 Å². The molecule has 0 radical (unpaired) electrons. The zero-order chi connectivity index (χ0) is 18.9. The Hall–Kier alpha value is -3.12. The minimum absolute atomic E-state index is 0.0949. The van der Waals surface area contributed by atoms with Crippen LogP contribution in [0.4, 0.5) is 5.69 Å². The molecule has 1 fully saturated rings. The van der Waals surface area contributed by atoms with Crippen LogP contribution in [0.2, 0.25) is 0 Å². The van der Waals surface area contributed by atoms with Crippen molar-refractivity contribution >= 4 is 28.0 Å². The van der Waals surface area contributed by atoms with Crippen molar-refractivity contribution < 1.29 is 9.94 Å². The Kier molecular flexibility index (Phi) is 4.33. The summed E-state index contributed by atoms with van der Waals surface area (Å²) in [5.41, 5.74) is 4.58. The lowest BCUT2D eigenvalue weighted by molar-refractivity contribution is 0.119. The fourth-order valence-electron chi connectivity index (χ4n) is 3.99. The van der Waals surface area contributed by atoms with Gasteiger partial charge in [-0.15, -0.1) is 0 Å². The molecule has 0 atom stereocenters. The largest absolute Gasteiger partial charge is 0.494 e. The lowest BCUT2D eigenvalue weighted by Gasteiger charge is -2.13. The van der Waals surface area contributed by atoms with Crippen LogP contribution in [0.25, 0.3) is 10.9 Å². The van der Waals surface area contributed by atoms with E-state index in [0.717, 1.165) is 41.8 Å². The van der Waals surface area contributed by atoms with Gasteiger partial charge in [0.15, 0.2) is 5.88 Å². The first-order valence-corrected chi connectivity index (χ1v) is 9.72. The van der Waals surface area contributed by atoms with Gasteiger partial charge in [0.2, 0.25) is 0 Å². The molecule has 142 valence electrons. The summed E-state index contributed by atoms with van der Waals surface area (Å²) in [6.07, 6.45) is 2.52. The summed E-state index contributed by atoms with van der Waals surface area (Å²) in [6.45, 7) is 3.69. The zero-order valence-electron chi connectivity index (χ0n) is 15.6. The topological polar surface area (TPSA) is 73.2 Å². The normalized spacial score (nSPS) is 18.0. The third-order valence-electron chi connectivity index (χ3n) is 5.39. The number of rotatable bonds is 5. The van der Waals surface area contributed by atoms with Crippen LogP contribution in [-0.4, -0.2) is 52.7 Å². The third kappa shape index (κ3) is 2.96. The number of nitrogens with one attached hydrogen (secondary N) is 1. The molecular formula is C22H22N4O2. The van der Waals surface area contributed by atoms with Crippen molar-refractivity contribution in [2.75, 3.05) is 26.2 Å². The van der Waals surface area contributed by atoms with Gasteiger partial charge >= 0.3 is 0 Å². The Morgan fingerprint density at radius 1 is 1.07 bits per heavy atom. The molecule has 3 aromatic rings. The van der Waals surface area contributed by atoms with Crippen molar-refractivity contribution in [3.05, 3.63) is 59.7 Å². The average molecular weight is 374 g/mol. The highest BCUT2D eigenvalue weighted by atomic mass is 16.6. The van der Waals surface area contributed by atoms with Gasteiger partial charge in [0.1, 0.15) is 18.0 Å². The molecule has 0 bridgehead atoms. The van der Waals surface area contributed by atoms with E-state index in [2.05, 4.69) is 15.0 Å².